The number of hydrogen-bond donors (Lipinski definition) is 2. The molecule has 0 spiro atoms. The van der Waals surface area contributed by atoms with E-state index in [0.717, 1.165) is 5.56 Å². The first-order valence-electron chi connectivity index (χ1n) is 10.4. The number of ether oxygens (including phenoxy) is 2. The second-order valence-corrected chi connectivity index (χ2v) is 8.43. The smallest absolute Gasteiger partial charge is 0.387 e. The fourth-order valence-electron chi connectivity index (χ4n) is 3.59. The van der Waals surface area contributed by atoms with Gasteiger partial charge in [-0.1, -0.05) is 17.7 Å². The largest absolute Gasteiger partial charge is 0.489 e. The number of likely N-dealkylation sites (tertiary alicyclic amines) is 1. The van der Waals surface area contributed by atoms with Crippen molar-refractivity contribution < 1.29 is 28.2 Å². The quantitative estimate of drug-likeness (QED) is 0.597. The topological polar surface area (TPSA) is 71.0 Å². The van der Waals surface area contributed by atoms with Gasteiger partial charge in [0.1, 0.15) is 18.1 Å². The van der Waals surface area contributed by atoms with Crippen LogP contribution < -0.4 is 14.8 Å². The third-order valence-corrected chi connectivity index (χ3v) is 5.64. The highest BCUT2D eigenvalue weighted by Crippen LogP contribution is 2.29. The first-order chi connectivity index (χ1) is 15.2. The van der Waals surface area contributed by atoms with E-state index < -0.39 is 12.2 Å². The van der Waals surface area contributed by atoms with Crippen LogP contribution in [0.15, 0.2) is 42.5 Å². The van der Waals surface area contributed by atoms with Crippen LogP contribution in [0.25, 0.3) is 0 Å². The molecule has 2 aromatic rings. The van der Waals surface area contributed by atoms with Gasteiger partial charge in [-0.3, -0.25) is 9.69 Å². The number of alkyl halides is 2. The summed E-state index contributed by atoms with van der Waals surface area (Å²) in [6.07, 6.45) is 1.73. The highest BCUT2D eigenvalue weighted by molar-refractivity contribution is 6.32. The van der Waals surface area contributed by atoms with Crippen molar-refractivity contribution >= 4 is 23.2 Å². The molecule has 9 heteroatoms. The van der Waals surface area contributed by atoms with Crippen molar-refractivity contribution in [2.24, 2.45) is 0 Å². The fraction of sp³-hybridized carbons (Fsp3) is 0.435. The zero-order valence-corrected chi connectivity index (χ0v) is 18.6. The summed E-state index contributed by atoms with van der Waals surface area (Å²) in [4.78, 5) is 14.4. The predicted octanol–water partition coefficient (Wildman–Crippen LogP) is 4.48. The van der Waals surface area contributed by atoms with E-state index in [1.54, 1.807) is 6.07 Å². The number of aryl methyl sites for hydroxylation is 1. The number of halogens is 3. The minimum Gasteiger partial charge on any atom is -0.489 e. The van der Waals surface area contributed by atoms with Gasteiger partial charge in [0.25, 0.3) is 0 Å². The molecule has 1 saturated heterocycles. The van der Waals surface area contributed by atoms with Crippen LogP contribution in [0, 0.1) is 6.92 Å². The standard InChI is InChI=1S/C23H27ClF2N2O4/c1-16-3-8-19(24)20(13-16)31-15-23(30)9-2-11-28(12-10-23)14-21(29)27-17-4-6-18(7-5-17)32-22(25)26/h3-8,13,22,30H,2,9-12,14-15H2,1H3,(H,27,29). The summed E-state index contributed by atoms with van der Waals surface area (Å²) in [5, 5.41) is 14.2. The number of carbonyl (C=O) groups is 1. The predicted molar refractivity (Wildman–Crippen MR) is 119 cm³/mol. The van der Waals surface area contributed by atoms with Gasteiger partial charge in [-0.05, 0) is 74.7 Å². The molecule has 2 N–H and O–H groups in total. The lowest BCUT2D eigenvalue weighted by atomic mass is 9.96. The highest BCUT2D eigenvalue weighted by Gasteiger charge is 2.31. The van der Waals surface area contributed by atoms with Gasteiger partial charge < -0.3 is 19.9 Å². The minimum absolute atomic E-state index is 0.0268. The van der Waals surface area contributed by atoms with E-state index in [4.69, 9.17) is 16.3 Å². The Morgan fingerprint density at radius 2 is 1.97 bits per heavy atom. The van der Waals surface area contributed by atoms with Crippen molar-refractivity contribution in [3.63, 3.8) is 0 Å². The van der Waals surface area contributed by atoms with E-state index in [0.29, 0.717) is 48.8 Å². The van der Waals surface area contributed by atoms with Gasteiger partial charge in [-0.25, -0.2) is 0 Å². The van der Waals surface area contributed by atoms with Crippen LogP contribution in [0.2, 0.25) is 5.02 Å². The Kier molecular flexibility index (Phi) is 8.28. The molecular formula is C23H27ClF2N2O4. The molecule has 3 rings (SSSR count). The molecule has 1 aliphatic heterocycles. The number of aliphatic hydroxyl groups is 1. The number of hydrogen-bond acceptors (Lipinski definition) is 5. The highest BCUT2D eigenvalue weighted by atomic mass is 35.5. The molecule has 1 fully saturated rings. The maximum Gasteiger partial charge on any atom is 0.387 e. The molecule has 1 heterocycles. The number of anilines is 1. The molecule has 1 unspecified atom stereocenters. The molecule has 0 radical (unpaired) electrons. The number of nitrogens with zero attached hydrogens (tertiary/aromatic N) is 1. The maximum absolute atomic E-state index is 12.4. The van der Waals surface area contributed by atoms with Crippen molar-refractivity contribution in [1.82, 2.24) is 4.90 Å². The fourth-order valence-corrected chi connectivity index (χ4v) is 3.77. The molecule has 6 nitrogen and oxygen atoms in total. The lowest BCUT2D eigenvalue weighted by molar-refractivity contribution is -0.117. The summed E-state index contributed by atoms with van der Waals surface area (Å²) >= 11 is 6.17. The van der Waals surface area contributed by atoms with E-state index >= 15 is 0 Å². The van der Waals surface area contributed by atoms with Gasteiger partial charge in [-0.2, -0.15) is 8.78 Å². The van der Waals surface area contributed by atoms with Crippen molar-refractivity contribution in [3.8, 4) is 11.5 Å². The molecule has 32 heavy (non-hydrogen) atoms. The zero-order chi connectivity index (χ0) is 23.1. The Balaban J connectivity index is 1.48. The van der Waals surface area contributed by atoms with Crippen LogP contribution in [0.3, 0.4) is 0 Å². The number of rotatable bonds is 8. The van der Waals surface area contributed by atoms with Gasteiger partial charge in [-0.15, -0.1) is 0 Å². The first-order valence-corrected chi connectivity index (χ1v) is 10.8. The molecule has 0 aromatic heterocycles. The molecule has 0 saturated carbocycles. The summed E-state index contributed by atoms with van der Waals surface area (Å²) in [5.41, 5.74) is 0.510. The van der Waals surface area contributed by atoms with Gasteiger partial charge in [0, 0.05) is 12.2 Å². The zero-order valence-electron chi connectivity index (χ0n) is 17.8. The van der Waals surface area contributed by atoms with Crippen molar-refractivity contribution in [2.75, 3.05) is 31.6 Å². The molecule has 0 bridgehead atoms. The van der Waals surface area contributed by atoms with Gasteiger partial charge >= 0.3 is 6.61 Å². The minimum atomic E-state index is -2.89. The van der Waals surface area contributed by atoms with E-state index in [-0.39, 0.29) is 24.8 Å². The maximum atomic E-state index is 12.4. The Bertz CT molecular complexity index is 913. The molecule has 2 aromatic carbocycles. The van der Waals surface area contributed by atoms with Crippen molar-refractivity contribution in [2.45, 2.75) is 38.4 Å². The second kappa shape index (κ2) is 10.9. The van der Waals surface area contributed by atoms with E-state index in [2.05, 4.69) is 10.1 Å². The third kappa shape index (κ3) is 7.32. The molecule has 174 valence electrons. The van der Waals surface area contributed by atoms with Gasteiger partial charge in [0.15, 0.2) is 0 Å². The van der Waals surface area contributed by atoms with Crippen LogP contribution in [0.1, 0.15) is 24.8 Å². The summed E-state index contributed by atoms with van der Waals surface area (Å²) in [5.74, 6) is 0.352. The van der Waals surface area contributed by atoms with Crippen LogP contribution >= 0.6 is 11.6 Å². The Hall–Kier alpha value is -2.42. The molecule has 0 aliphatic carbocycles. The van der Waals surface area contributed by atoms with E-state index in [1.807, 2.05) is 24.0 Å². The van der Waals surface area contributed by atoms with Crippen LogP contribution in [0.5, 0.6) is 11.5 Å². The van der Waals surface area contributed by atoms with Gasteiger partial charge in [0.2, 0.25) is 5.91 Å². The number of carbonyl (C=O) groups excluding carboxylic acids is 1. The molecule has 1 atom stereocenters. The second-order valence-electron chi connectivity index (χ2n) is 8.03. The van der Waals surface area contributed by atoms with Crippen molar-refractivity contribution in [3.05, 3.63) is 53.1 Å². The van der Waals surface area contributed by atoms with Crippen LogP contribution in [-0.4, -0.2) is 54.4 Å². The molecular weight excluding hydrogens is 442 g/mol. The average Bonchev–Trinajstić information content (AvgIpc) is 2.91. The van der Waals surface area contributed by atoms with Crippen molar-refractivity contribution in [1.29, 1.82) is 0 Å². The molecule has 1 amide bonds. The van der Waals surface area contributed by atoms with E-state index in [9.17, 15) is 18.7 Å². The number of amides is 1. The Morgan fingerprint density at radius 3 is 2.69 bits per heavy atom. The van der Waals surface area contributed by atoms with Crippen LogP contribution in [0.4, 0.5) is 14.5 Å². The Morgan fingerprint density at radius 1 is 1.22 bits per heavy atom. The SMILES string of the molecule is Cc1ccc(Cl)c(OCC2(O)CCCN(CC(=O)Nc3ccc(OC(F)F)cc3)CC2)c1. The lowest BCUT2D eigenvalue weighted by Gasteiger charge is -2.27. The Labute approximate surface area is 191 Å². The summed E-state index contributed by atoms with van der Waals surface area (Å²) in [7, 11) is 0. The normalized spacial score (nSPS) is 19.4. The van der Waals surface area contributed by atoms with Gasteiger partial charge in [0.05, 0.1) is 17.2 Å². The van der Waals surface area contributed by atoms with Crippen LogP contribution in [-0.2, 0) is 4.79 Å². The summed E-state index contributed by atoms with van der Waals surface area (Å²) < 4.78 is 34.5. The summed E-state index contributed by atoms with van der Waals surface area (Å²) in [6.45, 7) is 0.547. The number of benzene rings is 2. The third-order valence-electron chi connectivity index (χ3n) is 5.32. The van der Waals surface area contributed by atoms with E-state index in [1.165, 1.54) is 24.3 Å². The monoisotopic (exact) mass is 468 g/mol. The average molecular weight is 469 g/mol. The summed E-state index contributed by atoms with van der Waals surface area (Å²) in [6, 6.07) is 11.2. The first kappa shape index (κ1) is 24.2. The number of nitrogens with one attached hydrogen (secondary N) is 1. The molecule has 1 aliphatic rings. The lowest BCUT2D eigenvalue weighted by Crippen LogP contribution is -2.38.